The minimum atomic E-state index is -0.840. The molecular weight excluding hydrogens is 711 g/mol. The van der Waals surface area contributed by atoms with E-state index in [9.17, 15) is 15.0 Å². The Balaban J connectivity index is 3.51. The van der Waals surface area contributed by atoms with Gasteiger partial charge >= 0.3 is 0 Å². The predicted molar refractivity (Wildman–Crippen MR) is 258 cm³/mol. The maximum absolute atomic E-state index is 12.4. The van der Waals surface area contributed by atoms with E-state index in [-0.39, 0.29) is 12.5 Å². The molecule has 0 bridgehead atoms. The Kier molecular flexibility index (Phi) is 48.3. The highest BCUT2D eigenvalue weighted by molar-refractivity contribution is 5.76. The molecule has 2 atom stereocenters. The van der Waals surface area contributed by atoms with Gasteiger partial charge in [0.2, 0.25) is 5.91 Å². The third-order valence-electron chi connectivity index (χ3n) is 11.8. The lowest BCUT2D eigenvalue weighted by Crippen LogP contribution is -2.45. The Morgan fingerprint density at radius 1 is 0.414 bits per heavy atom. The summed E-state index contributed by atoms with van der Waals surface area (Å²) in [6, 6.07) is -0.623. The largest absolute Gasteiger partial charge is 0.394 e. The van der Waals surface area contributed by atoms with Crippen LogP contribution in [0.3, 0.4) is 0 Å². The van der Waals surface area contributed by atoms with Gasteiger partial charge in [-0.15, -0.1) is 0 Å². The predicted octanol–water partition coefficient (Wildman–Crippen LogP) is 16.7. The van der Waals surface area contributed by atoms with Gasteiger partial charge in [0.1, 0.15) is 0 Å². The number of amides is 1. The molecule has 0 aliphatic carbocycles. The van der Waals surface area contributed by atoms with E-state index < -0.39 is 12.1 Å². The summed E-state index contributed by atoms with van der Waals surface area (Å²) in [7, 11) is 0. The van der Waals surface area contributed by atoms with Gasteiger partial charge in [0.15, 0.2) is 0 Å². The summed E-state index contributed by atoms with van der Waals surface area (Å²) in [5.74, 6) is -0.0633. The molecule has 0 aromatic carbocycles. The highest BCUT2D eigenvalue weighted by atomic mass is 16.3. The molecule has 4 nitrogen and oxygen atoms in total. The second-order valence-electron chi connectivity index (χ2n) is 17.6. The quantitative estimate of drug-likeness (QED) is 0.0423. The molecule has 0 radical (unpaired) electrons. The van der Waals surface area contributed by atoms with Crippen molar-refractivity contribution in [1.29, 1.82) is 0 Å². The van der Waals surface area contributed by atoms with Crippen LogP contribution in [0.5, 0.6) is 0 Å². The van der Waals surface area contributed by atoms with Crippen molar-refractivity contribution in [2.45, 2.75) is 283 Å². The zero-order valence-corrected chi connectivity index (χ0v) is 39.1. The molecule has 0 saturated carbocycles. The fraction of sp³-hybridized carbons (Fsp3) is 0.833. The Morgan fingerprint density at radius 3 is 1.05 bits per heavy atom. The first-order chi connectivity index (χ1) is 28.7. The second kappa shape index (κ2) is 49.7. The van der Waals surface area contributed by atoms with Gasteiger partial charge in [0.05, 0.1) is 18.8 Å². The first-order valence-electron chi connectivity index (χ1n) is 25.9. The Bertz CT molecular complexity index is 923. The van der Waals surface area contributed by atoms with E-state index in [0.29, 0.717) is 6.42 Å². The average Bonchev–Trinajstić information content (AvgIpc) is 3.23. The average molecular weight is 812 g/mol. The summed E-state index contributed by atoms with van der Waals surface area (Å²) < 4.78 is 0. The van der Waals surface area contributed by atoms with E-state index in [2.05, 4.69) is 55.6 Å². The van der Waals surface area contributed by atoms with E-state index >= 15 is 0 Å². The van der Waals surface area contributed by atoms with Crippen LogP contribution in [-0.4, -0.2) is 34.9 Å². The molecule has 58 heavy (non-hydrogen) atoms. The molecule has 340 valence electrons. The smallest absolute Gasteiger partial charge is 0.220 e. The summed E-state index contributed by atoms with van der Waals surface area (Å²) in [6.45, 7) is 4.31. The SMILES string of the molecule is CCCCCCC/C=C\C/C=C\C/C=C\CCCCCCCCCCCCCCCCC(=O)NC(CO)C(O)/C=C/CCCCCCCCCCCCCCCCC. The van der Waals surface area contributed by atoms with Crippen LogP contribution in [0.2, 0.25) is 0 Å². The molecule has 0 aliphatic heterocycles. The number of carbonyl (C=O) groups is 1. The number of nitrogens with one attached hydrogen (secondary N) is 1. The normalized spacial score (nSPS) is 13.2. The molecule has 0 saturated heterocycles. The van der Waals surface area contributed by atoms with Crippen molar-refractivity contribution in [3.8, 4) is 0 Å². The zero-order chi connectivity index (χ0) is 42.1. The highest BCUT2D eigenvalue weighted by Crippen LogP contribution is 2.16. The van der Waals surface area contributed by atoms with Crippen molar-refractivity contribution < 1.29 is 15.0 Å². The first kappa shape index (κ1) is 56.4. The Labute approximate surface area is 363 Å². The lowest BCUT2D eigenvalue weighted by Gasteiger charge is -2.20. The van der Waals surface area contributed by atoms with E-state index in [1.54, 1.807) is 6.08 Å². The Morgan fingerprint density at radius 2 is 0.707 bits per heavy atom. The van der Waals surface area contributed by atoms with Crippen molar-refractivity contribution in [1.82, 2.24) is 5.32 Å². The number of aliphatic hydroxyl groups excluding tert-OH is 2. The van der Waals surface area contributed by atoms with E-state index in [1.807, 2.05) is 6.08 Å². The summed E-state index contributed by atoms with van der Waals surface area (Å²) in [4.78, 5) is 12.4. The molecule has 1 amide bonds. The van der Waals surface area contributed by atoms with Gasteiger partial charge in [0, 0.05) is 6.42 Å². The van der Waals surface area contributed by atoms with Gasteiger partial charge in [-0.3, -0.25) is 4.79 Å². The molecule has 2 unspecified atom stereocenters. The molecule has 0 aliphatic rings. The maximum atomic E-state index is 12.4. The van der Waals surface area contributed by atoms with Crippen LogP contribution in [0.15, 0.2) is 48.6 Å². The number of unbranched alkanes of at least 4 members (excludes halogenated alkanes) is 34. The van der Waals surface area contributed by atoms with Gasteiger partial charge in [-0.25, -0.2) is 0 Å². The van der Waals surface area contributed by atoms with Crippen LogP contribution < -0.4 is 5.32 Å². The van der Waals surface area contributed by atoms with Gasteiger partial charge in [-0.05, 0) is 57.8 Å². The van der Waals surface area contributed by atoms with Crippen LogP contribution >= 0.6 is 0 Å². The maximum Gasteiger partial charge on any atom is 0.220 e. The van der Waals surface area contributed by atoms with Crippen LogP contribution in [0.25, 0.3) is 0 Å². The highest BCUT2D eigenvalue weighted by Gasteiger charge is 2.18. The van der Waals surface area contributed by atoms with Crippen LogP contribution in [-0.2, 0) is 4.79 Å². The van der Waals surface area contributed by atoms with Crippen molar-refractivity contribution in [2.75, 3.05) is 6.61 Å². The lowest BCUT2D eigenvalue weighted by molar-refractivity contribution is -0.123. The molecule has 0 aromatic heterocycles. The number of allylic oxidation sites excluding steroid dienone is 7. The molecule has 0 aromatic rings. The van der Waals surface area contributed by atoms with Crippen molar-refractivity contribution >= 4 is 5.91 Å². The summed E-state index contributed by atoms with van der Waals surface area (Å²) >= 11 is 0. The number of aliphatic hydroxyl groups is 2. The lowest BCUT2D eigenvalue weighted by atomic mass is 10.0. The third-order valence-corrected chi connectivity index (χ3v) is 11.8. The number of rotatable bonds is 47. The van der Waals surface area contributed by atoms with Crippen LogP contribution in [0, 0.1) is 0 Å². The summed E-state index contributed by atoms with van der Waals surface area (Å²) in [6.07, 6.45) is 68.2. The van der Waals surface area contributed by atoms with Crippen molar-refractivity contribution in [3.05, 3.63) is 48.6 Å². The molecule has 3 N–H and O–H groups in total. The number of hydrogen-bond acceptors (Lipinski definition) is 3. The molecule has 0 fully saturated rings. The van der Waals surface area contributed by atoms with Crippen LogP contribution in [0.4, 0.5) is 0 Å². The van der Waals surface area contributed by atoms with Crippen molar-refractivity contribution in [3.63, 3.8) is 0 Å². The van der Waals surface area contributed by atoms with Gasteiger partial charge in [0.25, 0.3) is 0 Å². The number of hydrogen-bond donors (Lipinski definition) is 3. The van der Waals surface area contributed by atoms with E-state index in [0.717, 1.165) is 38.5 Å². The zero-order valence-electron chi connectivity index (χ0n) is 39.1. The molecule has 0 heterocycles. The van der Waals surface area contributed by atoms with Gasteiger partial charge in [-0.2, -0.15) is 0 Å². The topological polar surface area (TPSA) is 69.6 Å². The third kappa shape index (κ3) is 45.4. The van der Waals surface area contributed by atoms with Gasteiger partial charge < -0.3 is 15.5 Å². The minimum Gasteiger partial charge on any atom is -0.394 e. The fourth-order valence-corrected chi connectivity index (χ4v) is 7.83. The van der Waals surface area contributed by atoms with Crippen LogP contribution in [0.1, 0.15) is 271 Å². The number of carbonyl (C=O) groups excluding carboxylic acids is 1. The second-order valence-corrected chi connectivity index (χ2v) is 17.6. The standard InChI is InChI=1S/C54H101NO3/c1-3-5-7-9-11-13-15-17-19-21-22-23-24-25-26-27-28-29-30-31-32-34-36-38-40-42-44-46-48-50-54(58)55-52(51-56)53(57)49-47-45-43-41-39-37-35-33-20-18-16-14-12-10-8-6-4-2/h15,17,21-22,24-25,47,49,52-53,56-57H,3-14,16,18-20,23,26-46,48,50-51H2,1-2H3,(H,55,58)/b17-15-,22-21-,25-24-,49-47+. The monoisotopic (exact) mass is 812 g/mol. The Hall–Kier alpha value is -1.65. The summed E-state index contributed by atoms with van der Waals surface area (Å²) in [5, 5.41) is 23.1. The summed E-state index contributed by atoms with van der Waals surface area (Å²) in [5.41, 5.74) is 0. The molecule has 4 heteroatoms. The van der Waals surface area contributed by atoms with Gasteiger partial charge in [-0.1, -0.05) is 255 Å². The van der Waals surface area contributed by atoms with Crippen molar-refractivity contribution in [2.24, 2.45) is 0 Å². The first-order valence-corrected chi connectivity index (χ1v) is 25.9. The minimum absolute atomic E-state index is 0.0633. The van der Waals surface area contributed by atoms with E-state index in [4.69, 9.17) is 0 Å². The molecular formula is C54H101NO3. The molecule has 0 rings (SSSR count). The fourth-order valence-electron chi connectivity index (χ4n) is 7.83. The molecule has 0 spiro atoms. The van der Waals surface area contributed by atoms with E-state index in [1.165, 1.54) is 212 Å².